The van der Waals surface area contributed by atoms with Crippen molar-refractivity contribution >= 4 is 11.0 Å². The van der Waals surface area contributed by atoms with Crippen molar-refractivity contribution < 1.29 is 4.74 Å². The number of hydrogen-bond acceptors (Lipinski definition) is 3. The van der Waals surface area contributed by atoms with Gasteiger partial charge in [0.1, 0.15) is 11.2 Å². The third-order valence-corrected chi connectivity index (χ3v) is 2.72. The summed E-state index contributed by atoms with van der Waals surface area (Å²) in [5.41, 5.74) is 3.65. The van der Waals surface area contributed by atoms with E-state index in [9.17, 15) is 0 Å². The molecular weight excluding hydrogens is 226 g/mol. The number of nitrogens with one attached hydrogen (secondary N) is 1. The van der Waals surface area contributed by atoms with Gasteiger partial charge in [0.15, 0.2) is 0 Å². The lowest BCUT2D eigenvalue weighted by atomic mass is 10.1. The van der Waals surface area contributed by atoms with Gasteiger partial charge in [-0.25, -0.2) is 4.98 Å². The van der Waals surface area contributed by atoms with Gasteiger partial charge in [0.05, 0.1) is 12.1 Å². The van der Waals surface area contributed by atoms with Crippen LogP contribution < -0.4 is 4.74 Å². The fourth-order valence-electron chi connectivity index (χ4n) is 1.91. The van der Waals surface area contributed by atoms with Crippen molar-refractivity contribution in [3.05, 3.63) is 42.5 Å². The van der Waals surface area contributed by atoms with Crippen molar-refractivity contribution in [2.75, 3.05) is 6.61 Å². The number of fused-ring (bicyclic) bond motifs is 1. The first kappa shape index (κ1) is 10.8. The van der Waals surface area contributed by atoms with Gasteiger partial charge in [-0.1, -0.05) is 30.3 Å². The minimum atomic E-state index is 0.608. The Kier molecular flexibility index (Phi) is 2.68. The van der Waals surface area contributed by atoms with Crippen LogP contribution in [0.15, 0.2) is 42.5 Å². The number of rotatable bonds is 3. The Morgan fingerprint density at radius 3 is 2.72 bits per heavy atom. The molecule has 1 N–H and O–H groups in total. The molecule has 90 valence electrons. The summed E-state index contributed by atoms with van der Waals surface area (Å²) in [5.74, 6) is 0.628. The maximum absolute atomic E-state index is 5.42. The fourth-order valence-corrected chi connectivity index (χ4v) is 1.91. The zero-order valence-corrected chi connectivity index (χ0v) is 10.1. The second-order valence-corrected chi connectivity index (χ2v) is 3.92. The highest BCUT2D eigenvalue weighted by Crippen LogP contribution is 2.26. The van der Waals surface area contributed by atoms with Crippen molar-refractivity contribution in [2.45, 2.75) is 6.92 Å². The lowest BCUT2D eigenvalue weighted by Gasteiger charge is -2.01. The third-order valence-electron chi connectivity index (χ3n) is 2.72. The van der Waals surface area contributed by atoms with E-state index >= 15 is 0 Å². The Balaban J connectivity index is 2.15. The zero-order valence-electron chi connectivity index (χ0n) is 10.1. The molecule has 0 bridgehead atoms. The Labute approximate surface area is 105 Å². The van der Waals surface area contributed by atoms with Crippen LogP contribution in [0.4, 0.5) is 0 Å². The van der Waals surface area contributed by atoms with Gasteiger partial charge in [0.2, 0.25) is 5.88 Å². The van der Waals surface area contributed by atoms with E-state index in [4.69, 9.17) is 4.74 Å². The molecule has 0 fully saturated rings. The molecule has 3 aromatic rings. The van der Waals surface area contributed by atoms with Gasteiger partial charge in [-0.15, -0.1) is 0 Å². The molecule has 2 heterocycles. The lowest BCUT2D eigenvalue weighted by Crippen LogP contribution is -1.93. The molecule has 0 unspecified atom stereocenters. The maximum Gasteiger partial charge on any atom is 0.213 e. The average molecular weight is 239 g/mol. The van der Waals surface area contributed by atoms with E-state index in [1.807, 2.05) is 49.4 Å². The highest BCUT2D eigenvalue weighted by atomic mass is 16.5. The second kappa shape index (κ2) is 4.49. The molecule has 0 atom stereocenters. The van der Waals surface area contributed by atoms with Crippen LogP contribution in [0.25, 0.3) is 22.3 Å². The smallest absolute Gasteiger partial charge is 0.213 e. The molecular formula is C14H13N3O. The zero-order chi connectivity index (χ0) is 12.4. The molecule has 0 aliphatic rings. The molecule has 0 amide bonds. The Morgan fingerprint density at radius 2 is 1.94 bits per heavy atom. The maximum atomic E-state index is 5.42. The molecule has 0 aliphatic heterocycles. The monoisotopic (exact) mass is 239 g/mol. The summed E-state index contributed by atoms with van der Waals surface area (Å²) in [6.45, 7) is 2.55. The lowest BCUT2D eigenvalue weighted by molar-refractivity contribution is 0.328. The molecule has 0 saturated carbocycles. The number of aromatic nitrogens is 3. The van der Waals surface area contributed by atoms with Crippen molar-refractivity contribution in [3.63, 3.8) is 0 Å². The highest BCUT2D eigenvalue weighted by molar-refractivity contribution is 5.89. The van der Waals surface area contributed by atoms with Crippen LogP contribution in [0.1, 0.15) is 6.92 Å². The minimum Gasteiger partial charge on any atom is -0.478 e. The number of nitrogens with zero attached hydrogens (tertiary/aromatic N) is 2. The summed E-state index contributed by atoms with van der Waals surface area (Å²) >= 11 is 0. The van der Waals surface area contributed by atoms with Crippen LogP contribution in [-0.2, 0) is 0 Å². The second-order valence-electron chi connectivity index (χ2n) is 3.92. The normalized spacial score (nSPS) is 10.7. The van der Waals surface area contributed by atoms with Crippen molar-refractivity contribution in [2.24, 2.45) is 0 Å². The van der Waals surface area contributed by atoms with E-state index in [0.29, 0.717) is 12.5 Å². The molecule has 2 aromatic heterocycles. The van der Waals surface area contributed by atoms with Crippen LogP contribution >= 0.6 is 0 Å². The average Bonchev–Trinajstić information content (AvgIpc) is 2.83. The van der Waals surface area contributed by atoms with Crippen LogP contribution in [0.2, 0.25) is 0 Å². The van der Waals surface area contributed by atoms with E-state index in [1.165, 1.54) is 0 Å². The molecule has 4 nitrogen and oxygen atoms in total. The van der Waals surface area contributed by atoms with E-state index in [0.717, 1.165) is 22.3 Å². The molecule has 4 heteroatoms. The number of aromatic amines is 1. The predicted octanol–water partition coefficient (Wildman–Crippen LogP) is 3.02. The molecule has 0 aliphatic carbocycles. The van der Waals surface area contributed by atoms with Crippen molar-refractivity contribution in [1.82, 2.24) is 15.2 Å². The predicted molar refractivity (Wildman–Crippen MR) is 70.5 cm³/mol. The van der Waals surface area contributed by atoms with Gasteiger partial charge in [-0.2, -0.15) is 5.10 Å². The Bertz CT molecular complexity index is 661. The van der Waals surface area contributed by atoms with Crippen molar-refractivity contribution in [3.8, 4) is 17.1 Å². The topological polar surface area (TPSA) is 50.8 Å². The SMILES string of the molecule is CCOc1ccc2[nH]nc(-c3ccccc3)c2n1. The summed E-state index contributed by atoms with van der Waals surface area (Å²) in [6.07, 6.45) is 0. The first-order valence-electron chi connectivity index (χ1n) is 5.92. The standard InChI is InChI=1S/C14H13N3O/c1-2-18-12-9-8-11-14(15-12)13(17-16-11)10-6-4-3-5-7-10/h3-9H,2H2,1H3,(H,16,17). The van der Waals surface area contributed by atoms with Crippen molar-refractivity contribution in [1.29, 1.82) is 0 Å². The van der Waals surface area contributed by atoms with E-state index < -0.39 is 0 Å². The first-order chi connectivity index (χ1) is 8.88. The van der Waals surface area contributed by atoms with E-state index in [2.05, 4.69) is 15.2 Å². The van der Waals surface area contributed by atoms with Gasteiger partial charge < -0.3 is 4.74 Å². The first-order valence-corrected chi connectivity index (χ1v) is 5.92. The van der Waals surface area contributed by atoms with E-state index in [1.54, 1.807) is 0 Å². The number of pyridine rings is 1. The van der Waals surface area contributed by atoms with Gasteiger partial charge in [-0.3, -0.25) is 5.10 Å². The van der Waals surface area contributed by atoms with Gasteiger partial charge >= 0.3 is 0 Å². The molecule has 18 heavy (non-hydrogen) atoms. The summed E-state index contributed by atoms with van der Waals surface area (Å²) in [4.78, 5) is 4.49. The van der Waals surface area contributed by atoms with Crippen LogP contribution in [0.3, 0.4) is 0 Å². The van der Waals surface area contributed by atoms with Gasteiger partial charge in [0.25, 0.3) is 0 Å². The molecule has 0 spiro atoms. The number of H-pyrrole nitrogens is 1. The Hall–Kier alpha value is -2.36. The quantitative estimate of drug-likeness (QED) is 0.764. The molecule has 1 aromatic carbocycles. The minimum absolute atomic E-state index is 0.608. The number of ether oxygens (including phenoxy) is 1. The molecule has 0 saturated heterocycles. The summed E-state index contributed by atoms with van der Waals surface area (Å²) in [6, 6.07) is 13.8. The molecule has 3 rings (SSSR count). The van der Waals surface area contributed by atoms with Crippen LogP contribution in [0.5, 0.6) is 5.88 Å². The Morgan fingerprint density at radius 1 is 1.11 bits per heavy atom. The summed E-state index contributed by atoms with van der Waals surface area (Å²) in [7, 11) is 0. The number of benzene rings is 1. The van der Waals surface area contributed by atoms with Crippen LogP contribution in [0, 0.1) is 0 Å². The van der Waals surface area contributed by atoms with Gasteiger partial charge in [0, 0.05) is 11.6 Å². The highest BCUT2D eigenvalue weighted by Gasteiger charge is 2.10. The summed E-state index contributed by atoms with van der Waals surface area (Å²) in [5, 5.41) is 7.31. The fraction of sp³-hybridized carbons (Fsp3) is 0.143. The summed E-state index contributed by atoms with van der Waals surface area (Å²) < 4.78 is 5.42. The van der Waals surface area contributed by atoms with Gasteiger partial charge in [-0.05, 0) is 13.0 Å². The van der Waals surface area contributed by atoms with E-state index in [-0.39, 0.29) is 0 Å². The van der Waals surface area contributed by atoms with Crippen LogP contribution in [-0.4, -0.2) is 21.8 Å². The largest absolute Gasteiger partial charge is 0.478 e. The number of hydrogen-bond donors (Lipinski definition) is 1. The molecule has 0 radical (unpaired) electrons. The third kappa shape index (κ3) is 1.82.